The Labute approximate surface area is 258 Å². The lowest BCUT2D eigenvalue weighted by Gasteiger charge is -2.44. The van der Waals surface area contributed by atoms with Crippen LogP contribution in [0.15, 0.2) is 79.1 Å². The van der Waals surface area contributed by atoms with Gasteiger partial charge in [-0.1, -0.05) is 114 Å². The first-order valence-electron chi connectivity index (χ1n) is 15.8. The van der Waals surface area contributed by atoms with Crippen molar-refractivity contribution in [2.24, 2.45) is 5.92 Å². The van der Waals surface area contributed by atoms with E-state index in [0.717, 1.165) is 48.9 Å². The van der Waals surface area contributed by atoms with E-state index in [-0.39, 0.29) is 5.92 Å². The summed E-state index contributed by atoms with van der Waals surface area (Å²) in [5.41, 5.74) is 6.15. The minimum atomic E-state index is -2.00. The standard InChI is InChI=1S/C36H48ClN3OSi/c1-25(2)42(26(3)4,27(5)6)40-20-19-32-34(33(37)22-38-36(32)40)35(41)30-17-18-31(21-30)39(23-28-13-9-7-10-14-28)24-29-15-11-8-12-16-29/h7-16,19-20,22,25-27,30-31,35,41H,17-18,21,23-24H2,1-6H3/t30?,31-,35?/m1/s1. The summed E-state index contributed by atoms with van der Waals surface area (Å²) in [5.74, 6) is 0.151. The van der Waals surface area contributed by atoms with Crippen molar-refractivity contribution in [1.29, 1.82) is 0 Å². The van der Waals surface area contributed by atoms with Crippen LogP contribution < -0.4 is 0 Å². The summed E-state index contributed by atoms with van der Waals surface area (Å²) in [6.07, 6.45) is 6.41. The molecule has 4 aromatic rings. The molecule has 0 spiro atoms. The van der Waals surface area contributed by atoms with E-state index in [0.29, 0.717) is 27.7 Å². The Kier molecular flexibility index (Phi) is 9.63. The summed E-state index contributed by atoms with van der Waals surface area (Å²) < 4.78 is 2.52. The van der Waals surface area contributed by atoms with Crippen molar-refractivity contribution in [3.05, 3.63) is 101 Å². The molecule has 3 atom stereocenters. The molecule has 42 heavy (non-hydrogen) atoms. The highest BCUT2D eigenvalue weighted by Gasteiger charge is 2.46. The van der Waals surface area contributed by atoms with E-state index in [1.807, 2.05) is 0 Å². The predicted octanol–water partition coefficient (Wildman–Crippen LogP) is 9.62. The van der Waals surface area contributed by atoms with Crippen LogP contribution in [0, 0.1) is 5.92 Å². The zero-order chi connectivity index (χ0) is 30.0. The van der Waals surface area contributed by atoms with Crippen molar-refractivity contribution in [3.8, 4) is 0 Å². The van der Waals surface area contributed by atoms with Gasteiger partial charge in [-0.3, -0.25) is 4.90 Å². The first kappa shape index (κ1) is 31.0. The number of nitrogens with zero attached hydrogens (tertiary/aromatic N) is 3. The van der Waals surface area contributed by atoms with Crippen LogP contribution in [-0.4, -0.2) is 33.5 Å². The van der Waals surface area contributed by atoms with Crippen LogP contribution in [0.4, 0.5) is 0 Å². The third-order valence-electron chi connectivity index (χ3n) is 10.1. The molecule has 0 bridgehead atoms. The number of aliphatic hydroxyl groups excluding tert-OH is 1. The second-order valence-corrected chi connectivity index (χ2v) is 19.5. The molecule has 2 unspecified atom stereocenters. The molecule has 0 amide bonds. The molecule has 0 saturated heterocycles. The molecule has 2 aromatic carbocycles. The maximum Gasteiger partial charge on any atom is 0.171 e. The van der Waals surface area contributed by atoms with Gasteiger partial charge in [-0.2, -0.15) is 0 Å². The Morgan fingerprint density at radius 2 is 1.40 bits per heavy atom. The fourth-order valence-electron chi connectivity index (χ4n) is 8.33. The van der Waals surface area contributed by atoms with Gasteiger partial charge in [0.2, 0.25) is 0 Å². The molecule has 0 radical (unpaired) electrons. The van der Waals surface area contributed by atoms with E-state index >= 15 is 0 Å². The molecule has 0 aliphatic heterocycles. The number of benzene rings is 2. The number of fused-ring (bicyclic) bond motifs is 1. The van der Waals surface area contributed by atoms with E-state index < -0.39 is 14.3 Å². The average molecular weight is 602 g/mol. The smallest absolute Gasteiger partial charge is 0.171 e. The largest absolute Gasteiger partial charge is 0.388 e. The van der Waals surface area contributed by atoms with Crippen molar-refractivity contribution >= 4 is 30.9 Å². The molecule has 1 saturated carbocycles. The van der Waals surface area contributed by atoms with Crippen LogP contribution in [0.1, 0.15) is 83.6 Å². The van der Waals surface area contributed by atoms with E-state index in [9.17, 15) is 5.11 Å². The number of hydrogen-bond acceptors (Lipinski definition) is 3. The summed E-state index contributed by atoms with van der Waals surface area (Å²) in [4.78, 5) is 7.51. The van der Waals surface area contributed by atoms with Crippen LogP contribution in [-0.2, 0) is 13.1 Å². The van der Waals surface area contributed by atoms with Gasteiger partial charge in [0.15, 0.2) is 8.24 Å². The average Bonchev–Trinajstić information content (AvgIpc) is 3.62. The van der Waals surface area contributed by atoms with Crippen LogP contribution in [0.2, 0.25) is 21.6 Å². The zero-order valence-corrected chi connectivity index (χ0v) is 27.9. The molecule has 1 N–H and O–H groups in total. The van der Waals surface area contributed by atoms with Crippen molar-refractivity contribution in [1.82, 2.24) is 14.1 Å². The molecular weight excluding hydrogens is 554 g/mol. The van der Waals surface area contributed by atoms with Crippen LogP contribution in [0.5, 0.6) is 0 Å². The van der Waals surface area contributed by atoms with Gasteiger partial charge in [0.25, 0.3) is 0 Å². The number of pyridine rings is 1. The van der Waals surface area contributed by atoms with Gasteiger partial charge in [-0.15, -0.1) is 0 Å². The third kappa shape index (κ3) is 5.86. The summed E-state index contributed by atoms with van der Waals surface area (Å²) >= 11 is 6.87. The summed E-state index contributed by atoms with van der Waals surface area (Å²) in [6, 6.07) is 24.1. The summed E-state index contributed by atoms with van der Waals surface area (Å²) in [6.45, 7) is 16.0. The normalized spacial score (nSPS) is 18.7. The first-order chi connectivity index (χ1) is 20.1. The van der Waals surface area contributed by atoms with Crippen LogP contribution in [0.25, 0.3) is 11.0 Å². The monoisotopic (exact) mass is 601 g/mol. The Hall–Kier alpha value is -2.44. The lowest BCUT2D eigenvalue weighted by Crippen LogP contribution is -2.51. The van der Waals surface area contributed by atoms with E-state index in [1.165, 1.54) is 11.1 Å². The van der Waals surface area contributed by atoms with E-state index in [4.69, 9.17) is 16.6 Å². The molecule has 2 heterocycles. The highest BCUT2D eigenvalue weighted by molar-refractivity contribution is 6.82. The minimum absolute atomic E-state index is 0.151. The maximum absolute atomic E-state index is 12.0. The predicted molar refractivity (Wildman–Crippen MR) is 179 cm³/mol. The molecule has 6 heteroatoms. The van der Waals surface area contributed by atoms with Crippen LogP contribution in [0.3, 0.4) is 0 Å². The molecule has 1 aliphatic carbocycles. The van der Waals surface area contributed by atoms with Gasteiger partial charge in [-0.05, 0) is 65.2 Å². The van der Waals surface area contributed by atoms with Crippen molar-refractivity contribution in [2.75, 3.05) is 0 Å². The SMILES string of the molecule is CC(C)[Si](C(C)C)(C(C)C)n1ccc2c(C(O)C3CC[C@@H](N(Cc4ccccc4)Cc4ccccc4)C3)c(Cl)cnc21. The topological polar surface area (TPSA) is 41.3 Å². The number of rotatable bonds is 11. The van der Waals surface area contributed by atoms with Gasteiger partial charge >= 0.3 is 0 Å². The van der Waals surface area contributed by atoms with Gasteiger partial charge < -0.3 is 9.34 Å². The Bertz CT molecular complexity index is 1390. The fourth-order valence-corrected chi connectivity index (χ4v) is 15.1. The third-order valence-corrected chi connectivity index (χ3v) is 17.1. The number of halogens is 1. The van der Waals surface area contributed by atoms with Gasteiger partial charge in [-0.25, -0.2) is 4.98 Å². The lowest BCUT2D eigenvalue weighted by atomic mass is 9.93. The molecule has 1 fully saturated rings. The van der Waals surface area contributed by atoms with Crippen molar-refractivity contribution < 1.29 is 5.11 Å². The van der Waals surface area contributed by atoms with Gasteiger partial charge in [0.05, 0.1) is 11.1 Å². The van der Waals surface area contributed by atoms with Crippen molar-refractivity contribution in [2.45, 2.75) is 103 Å². The van der Waals surface area contributed by atoms with Crippen LogP contribution >= 0.6 is 11.6 Å². The molecule has 4 nitrogen and oxygen atoms in total. The second kappa shape index (κ2) is 13.0. The molecule has 2 aromatic heterocycles. The van der Waals surface area contributed by atoms with E-state index in [1.54, 1.807) is 6.20 Å². The van der Waals surface area contributed by atoms with Gasteiger partial charge in [0, 0.05) is 36.3 Å². The second-order valence-electron chi connectivity index (χ2n) is 13.3. The molecule has 5 rings (SSSR count). The van der Waals surface area contributed by atoms with E-state index in [2.05, 4.69) is 124 Å². The minimum Gasteiger partial charge on any atom is -0.388 e. The fraction of sp³-hybridized carbons (Fsp3) is 0.472. The first-order valence-corrected chi connectivity index (χ1v) is 18.4. The molecule has 1 aliphatic rings. The number of aromatic nitrogens is 2. The summed E-state index contributed by atoms with van der Waals surface area (Å²) in [7, 11) is -2.00. The highest BCUT2D eigenvalue weighted by atomic mass is 35.5. The maximum atomic E-state index is 12.0. The summed E-state index contributed by atoms with van der Waals surface area (Å²) in [5, 5.41) is 13.6. The zero-order valence-electron chi connectivity index (χ0n) is 26.2. The number of aliphatic hydroxyl groups is 1. The molecular formula is C36H48ClN3OSi. The Balaban J connectivity index is 1.44. The quantitative estimate of drug-likeness (QED) is 0.174. The lowest BCUT2D eigenvalue weighted by molar-refractivity contribution is 0.102. The van der Waals surface area contributed by atoms with Gasteiger partial charge in [0.1, 0.15) is 5.65 Å². The Morgan fingerprint density at radius 3 is 1.93 bits per heavy atom. The number of hydrogen-bond donors (Lipinski definition) is 1. The molecule has 224 valence electrons. The van der Waals surface area contributed by atoms with Crippen molar-refractivity contribution in [3.63, 3.8) is 0 Å². The Morgan fingerprint density at radius 1 is 0.857 bits per heavy atom. The highest BCUT2D eigenvalue weighted by Crippen LogP contribution is 2.47.